The van der Waals surface area contributed by atoms with Crippen molar-refractivity contribution in [3.63, 3.8) is 0 Å². The van der Waals surface area contributed by atoms with Gasteiger partial charge in [0.05, 0.1) is 0 Å². The Labute approximate surface area is 93.0 Å². The molecule has 15 heavy (non-hydrogen) atoms. The van der Waals surface area contributed by atoms with E-state index in [1.165, 1.54) is 28.0 Å². The molecule has 0 saturated carbocycles. The van der Waals surface area contributed by atoms with Gasteiger partial charge >= 0.3 is 0 Å². The van der Waals surface area contributed by atoms with Crippen LogP contribution in [0.15, 0.2) is 12.1 Å². The van der Waals surface area contributed by atoms with E-state index in [0.717, 1.165) is 10.6 Å². The molecule has 0 aliphatic carbocycles. The molecule has 0 fully saturated rings. The Kier molecular flexibility index (Phi) is 2.44. The number of anilines is 1. The Hall–Kier alpha value is -1.42. The molecular weight excluding hydrogens is 206 g/mol. The van der Waals surface area contributed by atoms with E-state index in [9.17, 15) is 0 Å². The Morgan fingerprint density at radius 2 is 1.67 bits per heavy atom. The number of aromatic nitrogens is 2. The molecule has 1 aromatic carbocycles. The van der Waals surface area contributed by atoms with Gasteiger partial charge in [-0.15, -0.1) is 10.2 Å². The minimum absolute atomic E-state index is 0.516. The van der Waals surface area contributed by atoms with Crippen LogP contribution < -0.4 is 5.73 Å². The second kappa shape index (κ2) is 3.62. The van der Waals surface area contributed by atoms with E-state index >= 15 is 0 Å². The Morgan fingerprint density at radius 1 is 1.00 bits per heavy atom. The zero-order valence-corrected chi connectivity index (χ0v) is 9.85. The maximum Gasteiger partial charge on any atom is 0.203 e. The first-order chi connectivity index (χ1) is 7.08. The van der Waals surface area contributed by atoms with Gasteiger partial charge in [0.1, 0.15) is 5.01 Å². The summed E-state index contributed by atoms with van der Waals surface area (Å²) in [5, 5.41) is 9.31. The van der Waals surface area contributed by atoms with Crippen molar-refractivity contribution in [2.75, 3.05) is 5.73 Å². The summed E-state index contributed by atoms with van der Waals surface area (Å²) < 4.78 is 0. The number of aryl methyl sites for hydroxylation is 3. The highest BCUT2D eigenvalue weighted by molar-refractivity contribution is 7.18. The molecule has 0 radical (unpaired) electrons. The van der Waals surface area contributed by atoms with Crippen LogP contribution in [0.2, 0.25) is 0 Å². The Balaban J connectivity index is 2.58. The summed E-state index contributed by atoms with van der Waals surface area (Å²) in [6.07, 6.45) is 0. The lowest BCUT2D eigenvalue weighted by atomic mass is 10.0. The van der Waals surface area contributed by atoms with E-state index in [4.69, 9.17) is 5.73 Å². The van der Waals surface area contributed by atoms with Gasteiger partial charge in [0.15, 0.2) is 0 Å². The van der Waals surface area contributed by atoms with Crippen molar-refractivity contribution < 1.29 is 0 Å². The van der Waals surface area contributed by atoms with Crippen molar-refractivity contribution in [2.45, 2.75) is 20.8 Å². The molecule has 0 atom stereocenters. The van der Waals surface area contributed by atoms with Crippen LogP contribution >= 0.6 is 11.3 Å². The molecule has 0 spiro atoms. The average Bonchev–Trinajstić information content (AvgIpc) is 2.58. The average molecular weight is 219 g/mol. The molecule has 78 valence electrons. The van der Waals surface area contributed by atoms with Gasteiger partial charge in [0, 0.05) is 5.56 Å². The molecule has 0 saturated heterocycles. The van der Waals surface area contributed by atoms with Crippen molar-refractivity contribution in [1.82, 2.24) is 10.2 Å². The molecule has 4 heteroatoms. The highest BCUT2D eigenvalue weighted by atomic mass is 32.1. The van der Waals surface area contributed by atoms with Gasteiger partial charge in [-0.3, -0.25) is 0 Å². The third-order valence-electron chi connectivity index (χ3n) is 2.51. The van der Waals surface area contributed by atoms with E-state index in [-0.39, 0.29) is 0 Å². The third-order valence-corrected chi connectivity index (χ3v) is 3.30. The number of nitrogens with zero attached hydrogens (tertiary/aromatic N) is 2. The first kappa shape index (κ1) is 10.1. The number of nitrogen functional groups attached to an aromatic ring is 1. The summed E-state index contributed by atoms with van der Waals surface area (Å²) >= 11 is 1.43. The third kappa shape index (κ3) is 1.85. The summed E-state index contributed by atoms with van der Waals surface area (Å²) in [5.74, 6) is 0. The smallest absolute Gasteiger partial charge is 0.203 e. The standard InChI is InChI=1S/C11H13N3S/c1-6-4-8(3)9(5-7(6)2)10-13-14-11(12)15-10/h4-5H,1-3H3,(H2,12,14). The van der Waals surface area contributed by atoms with Crippen molar-refractivity contribution >= 4 is 16.5 Å². The van der Waals surface area contributed by atoms with Crippen LogP contribution in [0.5, 0.6) is 0 Å². The first-order valence-electron chi connectivity index (χ1n) is 4.75. The molecule has 2 rings (SSSR count). The van der Waals surface area contributed by atoms with Crippen molar-refractivity contribution in [2.24, 2.45) is 0 Å². The molecule has 0 aliphatic heterocycles. The van der Waals surface area contributed by atoms with Crippen LogP contribution in [0, 0.1) is 20.8 Å². The van der Waals surface area contributed by atoms with E-state index in [1.54, 1.807) is 0 Å². The summed E-state index contributed by atoms with van der Waals surface area (Å²) in [7, 11) is 0. The molecule has 0 unspecified atom stereocenters. The van der Waals surface area contributed by atoms with Crippen molar-refractivity contribution in [1.29, 1.82) is 0 Å². The zero-order valence-electron chi connectivity index (χ0n) is 9.03. The molecular formula is C11H13N3S. The van der Waals surface area contributed by atoms with Crippen molar-refractivity contribution in [3.05, 3.63) is 28.8 Å². The van der Waals surface area contributed by atoms with Gasteiger partial charge in [0.25, 0.3) is 0 Å². The van der Waals surface area contributed by atoms with E-state index < -0.39 is 0 Å². The van der Waals surface area contributed by atoms with Gasteiger partial charge < -0.3 is 5.73 Å². The SMILES string of the molecule is Cc1cc(C)c(-c2nnc(N)s2)cc1C. The zero-order chi connectivity index (χ0) is 11.0. The predicted octanol–water partition coefficient (Wildman–Crippen LogP) is 2.71. The summed E-state index contributed by atoms with van der Waals surface area (Å²) in [4.78, 5) is 0. The summed E-state index contributed by atoms with van der Waals surface area (Å²) in [6.45, 7) is 6.29. The van der Waals surface area contributed by atoms with Crippen LogP contribution in [-0.4, -0.2) is 10.2 Å². The molecule has 1 heterocycles. The molecule has 0 amide bonds. The highest BCUT2D eigenvalue weighted by Gasteiger charge is 2.08. The monoisotopic (exact) mass is 219 g/mol. The minimum Gasteiger partial charge on any atom is -0.374 e. The highest BCUT2D eigenvalue weighted by Crippen LogP contribution is 2.29. The first-order valence-corrected chi connectivity index (χ1v) is 5.57. The summed E-state index contributed by atoms with van der Waals surface area (Å²) in [5.41, 5.74) is 10.5. The second-order valence-corrected chi connectivity index (χ2v) is 4.71. The maximum absolute atomic E-state index is 5.58. The van der Waals surface area contributed by atoms with E-state index in [2.05, 4.69) is 43.1 Å². The fourth-order valence-corrected chi connectivity index (χ4v) is 2.23. The molecule has 3 nitrogen and oxygen atoms in total. The molecule has 2 N–H and O–H groups in total. The van der Waals surface area contributed by atoms with Crippen LogP contribution in [-0.2, 0) is 0 Å². The normalized spacial score (nSPS) is 10.6. The number of hydrogen-bond acceptors (Lipinski definition) is 4. The number of nitrogens with two attached hydrogens (primary N) is 1. The van der Waals surface area contributed by atoms with Gasteiger partial charge in [-0.1, -0.05) is 17.4 Å². The van der Waals surface area contributed by atoms with Gasteiger partial charge in [-0.05, 0) is 43.5 Å². The predicted molar refractivity (Wildman–Crippen MR) is 64.0 cm³/mol. The van der Waals surface area contributed by atoms with E-state index in [1.807, 2.05) is 0 Å². The van der Waals surface area contributed by atoms with Gasteiger partial charge in [-0.25, -0.2) is 0 Å². The Morgan fingerprint density at radius 3 is 2.27 bits per heavy atom. The summed E-state index contributed by atoms with van der Waals surface area (Å²) in [6, 6.07) is 4.31. The quantitative estimate of drug-likeness (QED) is 0.802. The lowest BCUT2D eigenvalue weighted by Crippen LogP contribution is -1.88. The Bertz CT molecular complexity index is 503. The van der Waals surface area contributed by atoms with Crippen molar-refractivity contribution in [3.8, 4) is 10.6 Å². The fourth-order valence-electron chi connectivity index (χ4n) is 1.53. The van der Waals surface area contributed by atoms with E-state index in [0.29, 0.717) is 5.13 Å². The van der Waals surface area contributed by atoms with Crippen LogP contribution in [0.1, 0.15) is 16.7 Å². The maximum atomic E-state index is 5.58. The topological polar surface area (TPSA) is 51.8 Å². The molecule has 1 aromatic heterocycles. The largest absolute Gasteiger partial charge is 0.374 e. The fraction of sp³-hybridized carbons (Fsp3) is 0.273. The van der Waals surface area contributed by atoms with Crippen LogP contribution in [0.3, 0.4) is 0 Å². The van der Waals surface area contributed by atoms with Gasteiger partial charge in [-0.2, -0.15) is 0 Å². The lowest BCUT2D eigenvalue weighted by molar-refractivity contribution is 1.10. The van der Waals surface area contributed by atoms with Crippen LogP contribution in [0.25, 0.3) is 10.6 Å². The molecule has 0 aliphatic rings. The number of hydrogen-bond donors (Lipinski definition) is 1. The van der Waals surface area contributed by atoms with Crippen LogP contribution in [0.4, 0.5) is 5.13 Å². The molecule has 0 bridgehead atoms. The molecule has 2 aromatic rings. The number of benzene rings is 1. The minimum atomic E-state index is 0.516. The van der Waals surface area contributed by atoms with Gasteiger partial charge in [0.2, 0.25) is 5.13 Å². The number of rotatable bonds is 1. The second-order valence-electron chi connectivity index (χ2n) is 3.70. The lowest BCUT2D eigenvalue weighted by Gasteiger charge is -2.06.